The zero-order valence-corrected chi connectivity index (χ0v) is 13.7. The minimum Gasteiger partial charge on any atom is -0.487 e. The van der Waals surface area contributed by atoms with E-state index in [1.54, 1.807) is 0 Å². The summed E-state index contributed by atoms with van der Waals surface area (Å²) in [5, 5.41) is 6.08. The Bertz CT molecular complexity index is 614. The summed E-state index contributed by atoms with van der Waals surface area (Å²) in [7, 11) is 0. The van der Waals surface area contributed by atoms with Crippen LogP contribution in [0.5, 0.6) is 5.75 Å². The van der Waals surface area contributed by atoms with E-state index >= 15 is 0 Å². The maximum Gasteiger partial charge on any atom is 0.239 e. The molecule has 1 unspecified atom stereocenters. The molecule has 0 radical (unpaired) electrons. The summed E-state index contributed by atoms with van der Waals surface area (Å²) in [6.45, 7) is 4.77. The van der Waals surface area contributed by atoms with Crippen molar-refractivity contribution in [1.82, 2.24) is 5.32 Å². The van der Waals surface area contributed by atoms with Crippen molar-refractivity contribution >= 4 is 11.6 Å². The first kappa shape index (κ1) is 16.9. The Morgan fingerprint density at radius 1 is 1.09 bits per heavy atom. The number of hydrogen-bond donors (Lipinski definition) is 2. The van der Waals surface area contributed by atoms with Crippen LogP contribution in [0.1, 0.15) is 25.8 Å². The van der Waals surface area contributed by atoms with E-state index in [2.05, 4.69) is 10.6 Å². The van der Waals surface area contributed by atoms with Crippen LogP contribution >= 0.6 is 0 Å². The van der Waals surface area contributed by atoms with Crippen LogP contribution in [0.4, 0.5) is 5.69 Å². The van der Waals surface area contributed by atoms with E-state index in [4.69, 9.17) is 4.74 Å². The first-order valence-corrected chi connectivity index (χ1v) is 7.98. The summed E-state index contributed by atoms with van der Waals surface area (Å²) in [5.41, 5.74) is 1.93. The second-order valence-electron chi connectivity index (χ2n) is 5.50. The van der Waals surface area contributed by atoms with Crippen molar-refractivity contribution in [3.63, 3.8) is 0 Å². The molecule has 0 aliphatic rings. The Morgan fingerprint density at radius 3 is 2.52 bits per heavy atom. The van der Waals surface area contributed by atoms with E-state index in [0.29, 0.717) is 6.61 Å². The molecule has 1 atom stereocenters. The molecule has 0 spiro atoms. The Morgan fingerprint density at radius 2 is 1.78 bits per heavy atom. The number of nitrogens with one attached hydrogen (secondary N) is 2. The van der Waals surface area contributed by atoms with Gasteiger partial charge in [0, 0.05) is 6.04 Å². The Hall–Kier alpha value is -2.49. The molecule has 2 aromatic rings. The molecule has 23 heavy (non-hydrogen) atoms. The molecule has 4 heteroatoms. The number of hydrogen-bond acceptors (Lipinski definition) is 3. The van der Waals surface area contributed by atoms with E-state index in [1.165, 1.54) is 0 Å². The van der Waals surface area contributed by atoms with Crippen LogP contribution in [0.15, 0.2) is 54.6 Å². The lowest BCUT2D eigenvalue weighted by molar-refractivity contribution is -0.120. The van der Waals surface area contributed by atoms with Gasteiger partial charge in [0.1, 0.15) is 12.4 Å². The highest BCUT2D eigenvalue weighted by Gasteiger charge is 2.07. The maximum absolute atomic E-state index is 11.9. The van der Waals surface area contributed by atoms with Gasteiger partial charge in [-0.25, -0.2) is 0 Å². The van der Waals surface area contributed by atoms with Gasteiger partial charge >= 0.3 is 0 Å². The van der Waals surface area contributed by atoms with Crippen molar-refractivity contribution in [1.29, 1.82) is 0 Å². The van der Waals surface area contributed by atoms with Crippen LogP contribution in [0.2, 0.25) is 0 Å². The molecular formula is C19H24N2O2. The molecule has 4 nitrogen and oxygen atoms in total. The zero-order valence-electron chi connectivity index (χ0n) is 13.7. The molecule has 0 heterocycles. The standard InChI is InChI=1S/C19H24N2O2/c1-3-15(2)21-19(22)13-20-17-11-7-8-12-18(17)23-14-16-9-5-4-6-10-16/h4-12,15,20H,3,13-14H2,1-2H3,(H,21,22). The van der Waals surface area contributed by atoms with Gasteiger partial charge < -0.3 is 15.4 Å². The summed E-state index contributed by atoms with van der Waals surface area (Å²) in [6, 6.07) is 17.8. The smallest absolute Gasteiger partial charge is 0.239 e. The molecule has 2 aromatic carbocycles. The third-order valence-electron chi connectivity index (χ3n) is 3.58. The van der Waals surface area contributed by atoms with Gasteiger partial charge in [-0.1, -0.05) is 49.4 Å². The maximum atomic E-state index is 11.9. The predicted molar refractivity (Wildman–Crippen MR) is 93.6 cm³/mol. The Kier molecular flexibility index (Phi) is 6.48. The molecule has 1 amide bonds. The number of benzene rings is 2. The SMILES string of the molecule is CCC(C)NC(=O)CNc1ccccc1OCc1ccccc1. The summed E-state index contributed by atoms with van der Waals surface area (Å²) in [6.07, 6.45) is 0.919. The van der Waals surface area contributed by atoms with Crippen molar-refractivity contribution in [3.05, 3.63) is 60.2 Å². The number of para-hydroxylation sites is 2. The van der Waals surface area contributed by atoms with Crippen molar-refractivity contribution in [3.8, 4) is 5.75 Å². The van der Waals surface area contributed by atoms with Crippen molar-refractivity contribution in [2.24, 2.45) is 0 Å². The fourth-order valence-corrected chi connectivity index (χ4v) is 2.08. The second-order valence-corrected chi connectivity index (χ2v) is 5.50. The molecule has 0 saturated carbocycles. The van der Waals surface area contributed by atoms with Gasteiger partial charge in [-0.2, -0.15) is 0 Å². The highest BCUT2D eigenvalue weighted by Crippen LogP contribution is 2.24. The lowest BCUT2D eigenvalue weighted by Gasteiger charge is -2.15. The molecule has 0 aliphatic heterocycles. The van der Waals surface area contributed by atoms with Gasteiger partial charge in [0.15, 0.2) is 0 Å². The normalized spacial score (nSPS) is 11.6. The van der Waals surface area contributed by atoms with Gasteiger partial charge in [0.2, 0.25) is 5.91 Å². The van der Waals surface area contributed by atoms with Crippen LogP contribution in [-0.2, 0) is 11.4 Å². The molecule has 2 N–H and O–H groups in total. The average molecular weight is 312 g/mol. The van der Waals surface area contributed by atoms with Gasteiger partial charge in [0.25, 0.3) is 0 Å². The van der Waals surface area contributed by atoms with E-state index < -0.39 is 0 Å². The number of amides is 1. The summed E-state index contributed by atoms with van der Waals surface area (Å²) >= 11 is 0. The summed E-state index contributed by atoms with van der Waals surface area (Å²) < 4.78 is 5.86. The predicted octanol–water partition coefficient (Wildman–Crippen LogP) is 3.59. The first-order chi connectivity index (χ1) is 11.2. The largest absolute Gasteiger partial charge is 0.487 e. The first-order valence-electron chi connectivity index (χ1n) is 7.98. The fraction of sp³-hybridized carbons (Fsp3) is 0.316. The highest BCUT2D eigenvalue weighted by atomic mass is 16.5. The Balaban J connectivity index is 1.91. The molecule has 0 fully saturated rings. The summed E-state index contributed by atoms with van der Waals surface area (Å²) in [4.78, 5) is 11.9. The third kappa shape index (κ3) is 5.66. The minimum atomic E-state index is -0.0165. The van der Waals surface area contributed by atoms with E-state index in [-0.39, 0.29) is 18.5 Å². The van der Waals surface area contributed by atoms with Crippen LogP contribution < -0.4 is 15.4 Å². The molecule has 0 saturated heterocycles. The third-order valence-corrected chi connectivity index (χ3v) is 3.58. The van der Waals surface area contributed by atoms with Crippen LogP contribution in [0, 0.1) is 0 Å². The monoisotopic (exact) mass is 312 g/mol. The number of carbonyl (C=O) groups is 1. The zero-order chi connectivity index (χ0) is 16.5. The van der Waals surface area contributed by atoms with Crippen LogP contribution in [0.3, 0.4) is 0 Å². The lowest BCUT2D eigenvalue weighted by Crippen LogP contribution is -2.36. The fourth-order valence-electron chi connectivity index (χ4n) is 2.08. The van der Waals surface area contributed by atoms with Crippen molar-refractivity contribution < 1.29 is 9.53 Å². The molecule has 2 rings (SSSR count). The second kappa shape index (κ2) is 8.83. The number of ether oxygens (including phenoxy) is 1. The topological polar surface area (TPSA) is 50.4 Å². The van der Waals surface area contributed by atoms with E-state index in [1.807, 2.05) is 68.4 Å². The molecule has 122 valence electrons. The lowest BCUT2D eigenvalue weighted by atomic mass is 10.2. The van der Waals surface area contributed by atoms with E-state index in [0.717, 1.165) is 23.4 Å². The molecule has 0 bridgehead atoms. The number of carbonyl (C=O) groups excluding carboxylic acids is 1. The summed E-state index contributed by atoms with van der Waals surface area (Å²) in [5.74, 6) is 0.727. The molecular weight excluding hydrogens is 288 g/mol. The van der Waals surface area contributed by atoms with Gasteiger partial charge in [-0.05, 0) is 31.0 Å². The number of anilines is 1. The van der Waals surface area contributed by atoms with Crippen LogP contribution in [0.25, 0.3) is 0 Å². The van der Waals surface area contributed by atoms with E-state index in [9.17, 15) is 4.79 Å². The van der Waals surface area contributed by atoms with Crippen molar-refractivity contribution in [2.45, 2.75) is 32.9 Å². The number of rotatable bonds is 8. The Labute approximate surface area is 137 Å². The average Bonchev–Trinajstić information content (AvgIpc) is 2.59. The highest BCUT2D eigenvalue weighted by molar-refractivity contribution is 5.81. The van der Waals surface area contributed by atoms with Gasteiger partial charge in [-0.15, -0.1) is 0 Å². The van der Waals surface area contributed by atoms with Gasteiger partial charge in [-0.3, -0.25) is 4.79 Å². The molecule has 0 aromatic heterocycles. The van der Waals surface area contributed by atoms with Crippen molar-refractivity contribution in [2.75, 3.05) is 11.9 Å². The molecule has 0 aliphatic carbocycles. The van der Waals surface area contributed by atoms with Crippen LogP contribution in [-0.4, -0.2) is 18.5 Å². The van der Waals surface area contributed by atoms with Gasteiger partial charge in [0.05, 0.1) is 12.2 Å². The minimum absolute atomic E-state index is 0.0165. The quantitative estimate of drug-likeness (QED) is 0.783.